The molecule has 2 aromatic carbocycles. The molecule has 1 aromatic heterocycles. The molecule has 8 nitrogen and oxygen atoms in total. The van der Waals surface area contributed by atoms with Crippen molar-refractivity contribution >= 4 is 23.2 Å². The van der Waals surface area contributed by atoms with Crippen molar-refractivity contribution in [2.24, 2.45) is 0 Å². The van der Waals surface area contributed by atoms with Gasteiger partial charge >= 0.3 is 0 Å². The molecule has 4 rings (SSSR count). The van der Waals surface area contributed by atoms with E-state index in [2.05, 4.69) is 49.4 Å². The zero-order valence-electron chi connectivity index (χ0n) is 17.6. The van der Waals surface area contributed by atoms with Crippen LogP contribution in [0.2, 0.25) is 0 Å². The molecule has 0 saturated carbocycles. The van der Waals surface area contributed by atoms with Gasteiger partial charge in [0.25, 0.3) is 5.91 Å². The van der Waals surface area contributed by atoms with Crippen molar-refractivity contribution in [1.29, 1.82) is 0 Å². The van der Waals surface area contributed by atoms with Crippen molar-refractivity contribution in [2.45, 2.75) is 0 Å². The summed E-state index contributed by atoms with van der Waals surface area (Å²) >= 11 is 0. The summed E-state index contributed by atoms with van der Waals surface area (Å²) in [6.45, 7) is 3.49. The van der Waals surface area contributed by atoms with Gasteiger partial charge in [0.1, 0.15) is 11.5 Å². The van der Waals surface area contributed by atoms with Gasteiger partial charge in [0.15, 0.2) is 0 Å². The Morgan fingerprint density at radius 2 is 1.45 bits per heavy atom. The minimum Gasteiger partial charge on any atom is -0.497 e. The summed E-state index contributed by atoms with van der Waals surface area (Å²) in [5.74, 6) is 1.47. The molecule has 1 saturated heterocycles. The van der Waals surface area contributed by atoms with Gasteiger partial charge in [-0.15, -0.1) is 0 Å². The van der Waals surface area contributed by atoms with Crippen LogP contribution in [0.5, 0.6) is 11.5 Å². The van der Waals surface area contributed by atoms with E-state index >= 15 is 0 Å². The van der Waals surface area contributed by atoms with Gasteiger partial charge in [0, 0.05) is 43.5 Å². The van der Waals surface area contributed by atoms with Crippen LogP contribution in [0.3, 0.4) is 0 Å². The molecule has 3 aromatic rings. The number of nitrogens with one attached hydrogen (secondary N) is 1. The Hall–Kier alpha value is -3.81. The van der Waals surface area contributed by atoms with Gasteiger partial charge in [0.05, 0.1) is 32.3 Å². The zero-order valence-corrected chi connectivity index (χ0v) is 17.6. The summed E-state index contributed by atoms with van der Waals surface area (Å²) in [6.07, 6.45) is 3.25. The first kappa shape index (κ1) is 20.5. The van der Waals surface area contributed by atoms with Crippen LogP contribution in [-0.2, 0) is 0 Å². The second-order valence-corrected chi connectivity index (χ2v) is 7.14. The number of piperazine rings is 1. The van der Waals surface area contributed by atoms with E-state index in [1.807, 2.05) is 6.07 Å². The number of hydrogen-bond donors (Lipinski definition) is 1. The van der Waals surface area contributed by atoms with E-state index < -0.39 is 0 Å². The van der Waals surface area contributed by atoms with Gasteiger partial charge in [-0.25, -0.2) is 9.97 Å². The lowest BCUT2D eigenvalue weighted by atomic mass is 10.2. The smallest absolute Gasteiger partial charge is 0.256 e. The second kappa shape index (κ2) is 9.34. The van der Waals surface area contributed by atoms with Crippen molar-refractivity contribution in [1.82, 2.24) is 9.97 Å². The van der Waals surface area contributed by atoms with Crippen LogP contribution in [0.1, 0.15) is 10.4 Å². The van der Waals surface area contributed by atoms with Crippen molar-refractivity contribution in [3.05, 3.63) is 66.5 Å². The predicted molar refractivity (Wildman–Crippen MR) is 120 cm³/mol. The Labute approximate surface area is 181 Å². The number of methoxy groups -OCH3 is 2. The highest BCUT2D eigenvalue weighted by atomic mass is 16.5. The number of ether oxygens (including phenoxy) is 2. The third kappa shape index (κ3) is 4.85. The van der Waals surface area contributed by atoms with E-state index in [1.165, 1.54) is 5.69 Å². The molecule has 0 bridgehead atoms. The SMILES string of the molecule is COc1cc(OC)cc(C(=O)Nc2cnc(N3CCN(c4ccccc4)CC3)nc2)c1. The number of benzene rings is 2. The maximum atomic E-state index is 12.6. The van der Waals surface area contributed by atoms with Crippen LogP contribution in [-0.4, -0.2) is 56.3 Å². The Bertz CT molecular complexity index is 997. The standard InChI is InChI=1S/C23H25N5O3/c1-30-20-12-17(13-21(14-20)31-2)22(29)26-18-15-24-23(25-16-18)28-10-8-27(9-11-28)19-6-4-3-5-7-19/h3-7,12-16H,8-11H2,1-2H3,(H,26,29). The third-order valence-electron chi connectivity index (χ3n) is 5.19. The summed E-state index contributed by atoms with van der Waals surface area (Å²) in [7, 11) is 3.09. The highest BCUT2D eigenvalue weighted by molar-refractivity contribution is 6.04. The van der Waals surface area contributed by atoms with Gasteiger partial charge in [0.2, 0.25) is 5.95 Å². The third-order valence-corrected chi connectivity index (χ3v) is 5.19. The second-order valence-electron chi connectivity index (χ2n) is 7.14. The monoisotopic (exact) mass is 419 g/mol. The van der Waals surface area contributed by atoms with Crippen molar-refractivity contribution < 1.29 is 14.3 Å². The number of anilines is 3. The summed E-state index contributed by atoms with van der Waals surface area (Å²) in [5.41, 5.74) is 2.19. The molecule has 1 fully saturated rings. The molecular weight excluding hydrogens is 394 g/mol. The Morgan fingerprint density at radius 1 is 0.871 bits per heavy atom. The lowest BCUT2D eigenvalue weighted by molar-refractivity contribution is 0.102. The summed E-state index contributed by atoms with van der Waals surface area (Å²) in [6, 6.07) is 15.4. The summed E-state index contributed by atoms with van der Waals surface area (Å²) in [4.78, 5) is 26.0. The number of nitrogens with zero attached hydrogens (tertiary/aromatic N) is 4. The predicted octanol–water partition coefficient (Wildman–Crippen LogP) is 3.07. The normalized spacial score (nSPS) is 13.6. The number of rotatable bonds is 6. The molecule has 1 aliphatic rings. The minimum atomic E-state index is -0.287. The molecule has 0 spiro atoms. The molecule has 1 N–H and O–H groups in total. The molecule has 31 heavy (non-hydrogen) atoms. The van der Waals surface area contributed by atoms with Crippen molar-refractivity contribution in [3.63, 3.8) is 0 Å². The fourth-order valence-corrected chi connectivity index (χ4v) is 3.49. The number of carbonyl (C=O) groups is 1. The fraction of sp³-hybridized carbons (Fsp3) is 0.261. The minimum absolute atomic E-state index is 0.287. The first-order valence-corrected chi connectivity index (χ1v) is 10.1. The Morgan fingerprint density at radius 3 is 2.03 bits per heavy atom. The van der Waals surface area contributed by atoms with Crippen LogP contribution in [0.25, 0.3) is 0 Å². The van der Waals surface area contributed by atoms with Crippen LogP contribution < -0.4 is 24.6 Å². The largest absolute Gasteiger partial charge is 0.497 e. The van der Waals surface area contributed by atoms with Crippen LogP contribution in [0.4, 0.5) is 17.3 Å². The number of carbonyl (C=O) groups excluding carboxylic acids is 1. The van der Waals surface area contributed by atoms with Gasteiger partial charge in [-0.05, 0) is 24.3 Å². The summed E-state index contributed by atoms with van der Waals surface area (Å²) in [5, 5.41) is 2.82. The number of para-hydroxylation sites is 1. The zero-order chi connectivity index (χ0) is 21.6. The fourth-order valence-electron chi connectivity index (χ4n) is 3.49. The molecule has 2 heterocycles. The molecule has 0 atom stereocenters. The molecule has 0 aliphatic carbocycles. The number of amides is 1. The van der Waals surface area contributed by atoms with Crippen LogP contribution in [0.15, 0.2) is 60.9 Å². The first-order valence-electron chi connectivity index (χ1n) is 10.1. The topological polar surface area (TPSA) is 79.8 Å². The number of hydrogen-bond acceptors (Lipinski definition) is 7. The Balaban J connectivity index is 1.37. The molecule has 1 amide bonds. The first-order chi connectivity index (χ1) is 15.2. The van der Waals surface area contributed by atoms with Gasteiger partial charge in [-0.3, -0.25) is 4.79 Å². The van der Waals surface area contributed by atoms with E-state index in [0.29, 0.717) is 28.7 Å². The van der Waals surface area contributed by atoms with E-state index in [4.69, 9.17) is 9.47 Å². The van der Waals surface area contributed by atoms with Gasteiger partial charge in [-0.1, -0.05) is 18.2 Å². The summed E-state index contributed by atoms with van der Waals surface area (Å²) < 4.78 is 10.4. The van der Waals surface area contributed by atoms with E-state index in [0.717, 1.165) is 26.2 Å². The lowest BCUT2D eigenvalue weighted by Crippen LogP contribution is -2.47. The highest BCUT2D eigenvalue weighted by Gasteiger charge is 2.19. The maximum absolute atomic E-state index is 12.6. The van der Waals surface area contributed by atoms with Gasteiger partial charge < -0.3 is 24.6 Å². The lowest BCUT2D eigenvalue weighted by Gasteiger charge is -2.36. The van der Waals surface area contributed by atoms with Crippen molar-refractivity contribution in [3.8, 4) is 11.5 Å². The number of aromatic nitrogens is 2. The van der Waals surface area contributed by atoms with E-state index in [9.17, 15) is 4.79 Å². The van der Waals surface area contributed by atoms with E-state index in [-0.39, 0.29) is 5.91 Å². The molecule has 0 radical (unpaired) electrons. The molecular formula is C23H25N5O3. The average molecular weight is 419 g/mol. The maximum Gasteiger partial charge on any atom is 0.256 e. The van der Waals surface area contributed by atoms with Crippen LogP contribution >= 0.6 is 0 Å². The molecule has 1 aliphatic heterocycles. The highest BCUT2D eigenvalue weighted by Crippen LogP contribution is 2.23. The van der Waals surface area contributed by atoms with E-state index in [1.54, 1.807) is 44.8 Å². The molecule has 8 heteroatoms. The van der Waals surface area contributed by atoms with Gasteiger partial charge in [-0.2, -0.15) is 0 Å². The molecule has 0 unspecified atom stereocenters. The Kier molecular flexibility index (Phi) is 6.16. The average Bonchev–Trinajstić information content (AvgIpc) is 2.84. The quantitative estimate of drug-likeness (QED) is 0.658. The van der Waals surface area contributed by atoms with Crippen LogP contribution in [0, 0.1) is 0 Å². The van der Waals surface area contributed by atoms with Crippen molar-refractivity contribution in [2.75, 3.05) is 55.5 Å². The molecule has 160 valence electrons.